The minimum Gasteiger partial charge on any atom is -0.492 e. The van der Waals surface area contributed by atoms with E-state index in [1.54, 1.807) is 12.1 Å². The number of nitrogens with one attached hydrogen (secondary N) is 1. The maximum absolute atomic E-state index is 11.5. The summed E-state index contributed by atoms with van der Waals surface area (Å²) in [5.41, 5.74) is 0.435. The van der Waals surface area contributed by atoms with Crippen molar-refractivity contribution >= 4 is 5.97 Å². The molecule has 0 unspecified atom stereocenters. The summed E-state index contributed by atoms with van der Waals surface area (Å²) in [6, 6.07) is 3.25. The van der Waals surface area contributed by atoms with Gasteiger partial charge in [-0.1, -0.05) is 0 Å². The maximum atomic E-state index is 11.5. The molecular weight excluding hydrogens is 300 g/mol. The van der Waals surface area contributed by atoms with Crippen molar-refractivity contribution < 1.29 is 24.5 Å². The van der Waals surface area contributed by atoms with Gasteiger partial charge in [0.2, 0.25) is 0 Å². The molecule has 1 heterocycles. The highest BCUT2D eigenvalue weighted by Gasteiger charge is 2.15. The molecule has 0 aliphatic rings. The number of aliphatic hydroxyl groups is 2. The molecule has 1 aromatic rings. The number of aliphatic hydroxyl groups excluding tert-OH is 2. The van der Waals surface area contributed by atoms with Gasteiger partial charge in [0, 0.05) is 25.2 Å². The Labute approximate surface area is 136 Å². The molecule has 0 aliphatic heterocycles. The van der Waals surface area contributed by atoms with Crippen LogP contribution in [0.3, 0.4) is 0 Å². The van der Waals surface area contributed by atoms with Crippen LogP contribution in [0.4, 0.5) is 0 Å². The average Bonchev–Trinajstić information content (AvgIpc) is 2.48. The molecule has 7 heteroatoms. The Morgan fingerprint density at radius 2 is 1.78 bits per heavy atom. The van der Waals surface area contributed by atoms with Crippen LogP contribution in [0, 0.1) is 0 Å². The van der Waals surface area contributed by atoms with Crippen LogP contribution in [-0.2, 0) is 22.7 Å². The molecule has 7 nitrogen and oxygen atoms in total. The van der Waals surface area contributed by atoms with Gasteiger partial charge in [0.1, 0.15) is 18.0 Å². The normalized spacial score (nSPS) is 11.3. The van der Waals surface area contributed by atoms with Crippen molar-refractivity contribution in [1.82, 2.24) is 10.3 Å². The van der Waals surface area contributed by atoms with Crippen molar-refractivity contribution in [3.63, 3.8) is 0 Å². The standard InChI is InChI=1S/C16H26N2O5/c1-16(2,3)23-15(21)4-5-17-6-7-22-14-8-12(10-19)18-13(9-14)11-20/h8-9,17,19-20H,4-7,10-11H2,1-3H3. The Bertz CT molecular complexity index is 477. The van der Waals surface area contributed by atoms with Crippen molar-refractivity contribution in [2.75, 3.05) is 19.7 Å². The van der Waals surface area contributed by atoms with Gasteiger partial charge >= 0.3 is 5.97 Å². The molecule has 1 rings (SSSR count). The zero-order valence-corrected chi connectivity index (χ0v) is 14.0. The summed E-state index contributed by atoms with van der Waals surface area (Å²) in [4.78, 5) is 15.5. The minimum absolute atomic E-state index is 0.210. The highest BCUT2D eigenvalue weighted by molar-refractivity contribution is 5.70. The maximum Gasteiger partial charge on any atom is 0.307 e. The molecule has 130 valence electrons. The SMILES string of the molecule is CC(C)(C)OC(=O)CCNCCOc1cc(CO)nc(CO)c1. The van der Waals surface area contributed by atoms with Crippen molar-refractivity contribution in [2.24, 2.45) is 0 Å². The Hall–Kier alpha value is -1.70. The first-order chi connectivity index (χ1) is 10.8. The molecule has 0 saturated heterocycles. The highest BCUT2D eigenvalue weighted by atomic mass is 16.6. The van der Waals surface area contributed by atoms with Crippen LogP contribution in [0.25, 0.3) is 0 Å². The second-order valence-electron chi connectivity index (χ2n) is 6.04. The van der Waals surface area contributed by atoms with Crippen LogP contribution in [0.1, 0.15) is 38.6 Å². The molecular formula is C16H26N2O5. The molecule has 0 atom stereocenters. The molecule has 23 heavy (non-hydrogen) atoms. The number of nitrogens with zero attached hydrogens (tertiary/aromatic N) is 1. The molecule has 0 radical (unpaired) electrons. The topological polar surface area (TPSA) is 101 Å². The second-order valence-corrected chi connectivity index (χ2v) is 6.04. The largest absolute Gasteiger partial charge is 0.492 e. The van der Waals surface area contributed by atoms with Crippen LogP contribution < -0.4 is 10.1 Å². The van der Waals surface area contributed by atoms with E-state index in [0.717, 1.165) is 0 Å². The van der Waals surface area contributed by atoms with Crippen LogP contribution in [0.15, 0.2) is 12.1 Å². The van der Waals surface area contributed by atoms with E-state index in [9.17, 15) is 4.79 Å². The van der Waals surface area contributed by atoms with Crippen LogP contribution in [0.5, 0.6) is 5.75 Å². The van der Waals surface area contributed by atoms with Crippen molar-refractivity contribution in [2.45, 2.75) is 46.0 Å². The van der Waals surface area contributed by atoms with Crippen LogP contribution in [-0.4, -0.2) is 46.5 Å². The lowest BCUT2D eigenvalue weighted by Gasteiger charge is -2.19. The van der Waals surface area contributed by atoms with Gasteiger partial charge in [-0.15, -0.1) is 0 Å². The molecule has 0 spiro atoms. The van der Waals surface area contributed by atoms with Gasteiger partial charge in [-0.05, 0) is 20.8 Å². The van der Waals surface area contributed by atoms with Crippen molar-refractivity contribution in [3.05, 3.63) is 23.5 Å². The number of ether oxygens (including phenoxy) is 2. The minimum atomic E-state index is -0.462. The van der Waals surface area contributed by atoms with E-state index in [-0.39, 0.29) is 19.2 Å². The monoisotopic (exact) mass is 326 g/mol. The lowest BCUT2D eigenvalue weighted by atomic mass is 10.2. The van der Waals surface area contributed by atoms with Gasteiger partial charge in [0.25, 0.3) is 0 Å². The molecule has 0 fully saturated rings. The number of hydrogen-bond acceptors (Lipinski definition) is 7. The quantitative estimate of drug-likeness (QED) is 0.455. The number of pyridine rings is 1. The first kappa shape index (κ1) is 19.3. The third-order valence-electron chi connectivity index (χ3n) is 2.70. The molecule has 0 aromatic carbocycles. The van der Waals surface area contributed by atoms with Gasteiger partial charge in [-0.25, -0.2) is 0 Å². The summed E-state index contributed by atoms with van der Waals surface area (Å²) in [5, 5.41) is 21.3. The van der Waals surface area contributed by atoms with Gasteiger partial charge < -0.3 is 25.0 Å². The number of carbonyl (C=O) groups is 1. The number of esters is 1. The lowest BCUT2D eigenvalue weighted by molar-refractivity contribution is -0.154. The van der Waals surface area contributed by atoms with Crippen molar-refractivity contribution in [1.29, 1.82) is 0 Å². The van der Waals surface area contributed by atoms with E-state index in [1.165, 1.54) is 0 Å². The summed E-state index contributed by atoms with van der Waals surface area (Å²) >= 11 is 0. The number of aromatic nitrogens is 1. The molecule has 0 amide bonds. The number of hydrogen-bond donors (Lipinski definition) is 3. The molecule has 0 saturated carbocycles. The smallest absolute Gasteiger partial charge is 0.307 e. The van der Waals surface area contributed by atoms with Gasteiger partial charge in [-0.2, -0.15) is 0 Å². The fourth-order valence-electron chi connectivity index (χ4n) is 1.81. The summed E-state index contributed by atoms with van der Waals surface area (Å²) in [5.74, 6) is 0.308. The lowest BCUT2D eigenvalue weighted by Crippen LogP contribution is -2.28. The molecule has 0 aliphatic carbocycles. The van der Waals surface area contributed by atoms with Gasteiger partial charge in [-0.3, -0.25) is 9.78 Å². The van der Waals surface area contributed by atoms with Gasteiger partial charge in [0.15, 0.2) is 0 Å². The zero-order chi connectivity index (χ0) is 17.3. The summed E-state index contributed by atoms with van der Waals surface area (Å²) in [7, 11) is 0. The van der Waals surface area contributed by atoms with E-state index in [1.807, 2.05) is 20.8 Å². The Morgan fingerprint density at radius 1 is 1.17 bits per heavy atom. The van der Waals surface area contributed by atoms with E-state index >= 15 is 0 Å². The van der Waals surface area contributed by atoms with Crippen molar-refractivity contribution in [3.8, 4) is 5.75 Å². The fraction of sp³-hybridized carbons (Fsp3) is 0.625. The fourth-order valence-corrected chi connectivity index (χ4v) is 1.81. The summed E-state index contributed by atoms with van der Waals surface area (Å²) < 4.78 is 10.7. The Morgan fingerprint density at radius 3 is 2.30 bits per heavy atom. The summed E-state index contributed by atoms with van der Waals surface area (Å²) in [6.45, 7) is 6.56. The molecule has 3 N–H and O–H groups in total. The third kappa shape index (κ3) is 8.49. The predicted molar refractivity (Wildman–Crippen MR) is 84.9 cm³/mol. The first-order valence-electron chi connectivity index (χ1n) is 7.61. The van der Waals surface area contributed by atoms with E-state index in [4.69, 9.17) is 19.7 Å². The summed E-state index contributed by atoms with van der Waals surface area (Å²) in [6.07, 6.45) is 0.301. The first-order valence-corrected chi connectivity index (χ1v) is 7.61. The van der Waals surface area contributed by atoms with Crippen LogP contribution >= 0.6 is 0 Å². The van der Waals surface area contributed by atoms with Crippen LogP contribution in [0.2, 0.25) is 0 Å². The molecule has 0 bridgehead atoms. The highest BCUT2D eigenvalue weighted by Crippen LogP contribution is 2.14. The molecule has 1 aromatic heterocycles. The second kappa shape index (κ2) is 9.44. The Kier molecular flexibility index (Phi) is 7.94. The van der Waals surface area contributed by atoms with E-state index in [0.29, 0.717) is 43.3 Å². The third-order valence-corrected chi connectivity index (χ3v) is 2.70. The van der Waals surface area contributed by atoms with Gasteiger partial charge in [0.05, 0.1) is 31.0 Å². The number of carbonyl (C=O) groups excluding carboxylic acids is 1. The zero-order valence-electron chi connectivity index (χ0n) is 14.0. The van der Waals surface area contributed by atoms with E-state index < -0.39 is 5.60 Å². The number of rotatable bonds is 9. The van der Waals surface area contributed by atoms with E-state index in [2.05, 4.69) is 10.3 Å². The predicted octanol–water partition coefficient (Wildman–Crippen LogP) is 0.766. The average molecular weight is 326 g/mol. The Balaban J connectivity index is 2.24.